The first-order valence-electron chi connectivity index (χ1n) is 8.92. The average molecular weight is 372 g/mol. The van der Waals surface area contributed by atoms with Gasteiger partial charge in [-0.1, -0.05) is 42.5 Å². The molecule has 0 fully saturated rings. The molecule has 0 bridgehead atoms. The SMILES string of the molecule is COc1ccccc1Nc1cc(-c2ccccc2)nc(NCc2ccco2)n1. The summed E-state index contributed by atoms with van der Waals surface area (Å²) in [7, 11) is 1.65. The molecule has 28 heavy (non-hydrogen) atoms. The van der Waals surface area contributed by atoms with E-state index < -0.39 is 0 Å². The van der Waals surface area contributed by atoms with Gasteiger partial charge >= 0.3 is 0 Å². The van der Waals surface area contributed by atoms with Crippen LogP contribution in [0.5, 0.6) is 5.75 Å². The van der Waals surface area contributed by atoms with E-state index in [0.717, 1.165) is 28.5 Å². The third-order valence-electron chi connectivity index (χ3n) is 4.17. The zero-order valence-electron chi connectivity index (χ0n) is 15.4. The molecule has 0 radical (unpaired) electrons. The van der Waals surface area contributed by atoms with Crippen LogP contribution in [0.2, 0.25) is 0 Å². The van der Waals surface area contributed by atoms with Gasteiger partial charge in [0, 0.05) is 11.6 Å². The summed E-state index contributed by atoms with van der Waals surface area (Å²) in [4.78, 5) is 9.25. The number of nitrogens with zero attached hydrogens (tertiary/aromatic N) is 2. The number of aromatic nitrogens is 2. The fraction of sp³-hybridized carbons (Fsp3) is 0.0909. The number of anilines is 3. The summed E-state index contributed by atoms with van der Waals surface area (Å²) in [6, 6.07) is 23.4. The van der Waals surface area contributed by atoms with Crippen LogP contribution in [-0.2, 0) is 6.54 Å². The molecule has 4 rings (SSSR count). The highest BCUT2D eigenvalue weighted by Crippen LogP contribution is 2.28. The molecule has 140 valence electrons. The third kappa shape index (κ3) is 4.12. The first-order chi connectivity index (χ1) is 13.8. The highest BCUT2D eigenvalue weighted by molar-refractivity contribution is 5.69. The number of rotatable bonds is 7. The molecule has 6 nitrogen and oxygen atoms in total. The Hall–Kier alpha value is -3.80. The van der Waals surface area contributed by atoms with E-state index in [1.54, 1.807) is 13.4 Å². The van der Waals surface area contributed by atoms with Crippen LogP contribution in [0.4, 0.5) is 17.5 Å². The lowest BCUT2D eigenvalue weighted by molar-refractivity contribution is 0.417. The van der Waals surface area contributed by atoms with Crippen molar-refractivity contribution in [3.05, 3.63) is 84.8 Å². The lowest BCUT2D eigenvalue weighted by Crippen LogP contribution is -2.06. The minimum Gasteiger partial charge on any atom is -0.495 e. The summed E-state index contributed by atoms with van der Waals surface area (Å²) < 4.78 is 10.8. The molecular formula is C22H20N4O2. The summed E-state index contributed by atoms with van der Waals surface area (Å²) in [6.07, 6.45) is 1.65. The molecule has 0 amide bonds. The van der Waals surface area contributed by atoms with Crippen LogP contribution in [0.15, 0.2) is 83.5 Å². The predicted octanol–water partition coefficient (Wildman–Crippen LogP) is 5.10. The van der Waals surface area contributed by atoms with E-state index in [9.17, 15) is 0 Å². The summed E-state index contributed by atoms with van der Waals surface area (Å²) in [6.45, 7) is 0.499. The molecule has 0 atom stereocenters. The molecule has 2 aromatic heterocycles. The number of benzene rings is 2. The molecule has 0 unspecified atom stereocenters. The second-order valence-corrected chi connectivity index (χ2v) is 6.09. The van der Waals surface area contributed by atoms with E-state index in [1.165, 1.54) is 0 Å². The van der Waals surface area contributed by atoms with Gasteiger partial charge in [0.25, 0.3) is 0 Å². The number of para-hydroxylation sites is 2. The van der Waals surface area contributed by atoms with E-state index in [0.29, 0.717) is 18.3 Å². The van der Waals surface area contributed by atoms with Gasteiger partial charge in [0.1, 0.15) is 17.3 Å². The zero-order chi connectivity index (χ0) is 19.2. The molecule has 0 aliphatic rings. The van der Waals surface area contributed by atoms with Crippen molar-refractivity contribution in [2.75, 3.05) is 17.7 Å². The van der Waals surface area contributed by atoms with Gasteiger partial charge < -0.3 is 19.8 Å². The Bertz CT molecular complexity index is 1030. The number of furan rings is 1. The van der Waals surface area contributed by atoms with Gasteiger partial charge in [0.15, 0.2) is 0 Å². The average Bonchev–Trinajstić information content (AvgIpc) is 3.27. The van der Waals surface area contributed by atoms with Crippen molar-refractivity contribution in [1.29, 1.82) is 0 Å². The van der Waals surface area contributed by atoms with E-state index in [2.05, 4.69) is 20.6 Å². The van der Waals surface area contributed by atoms with Crippen molar-refractivity contribution < 1.29 is 9.15 Å². The smallest absolute Gasteiger partial charge is 0.225 e. The molecule has 2 N–H and O–H groups in total. The van der Waals surface area contributed by atoms with Crippen LogP contribution in [0.1, 0.15) is 5.76 Å². The number of ether oxygens (including phenoxy) is 1. The highest BCUT2D eigenvalue weighted by atomic mass is 16.5. The van der Waals surface area contributed by atoms with Crippen LogP contribution < -0.4 is 15.4 Å². The molecule has 0 aliphatic heterocycles. The van der Waals surface area contributed by atoms with Gasteiger partial charge in [0.05, 0.1) is 31.3 Å². The van der Waals surface area contributed by atoms with Crippen LogP contribution >= 0.6 is 0 Å². The number of methoxy groups -OCH3 is 1. The van der Waals surface area contributed by atoms with Gasteiger partial charge in [-0.25, -0.2) is 4.98 Å². The monoisotopic (exact) mass is 372 g/mol. The maximum absolute atomic E-state index is 5.43. The minimum absolute atomic E-state index is 0.499. The second-order valence-electron chi connectivity index (χ2n) is 6.09. The van der Waals surface area contributed by atoms with E-state index >= 15 is 0 Å². The Morgan fingerprint density at radius 2 is 1.75 bits per heavy atom. The Morgan fingerprint density at radius 3 is 2.54 bits per heavy atom. The summed E-state index contributed by atoms with van der Waals surface area (Å²) >= 11 is 0. The van der Waals surface area contributed by atoms with Crippen LogP contribution in [0.25, 0.3) is 11.3 Å². The molecule has 4 aromatic rings. The fourth-order valence-electron chi connectivity index (χ4n) is 2.81. The summed E-state index contributed by atoms with van der Waals surface area (Å²) in [5, 5.41) is 6.55. The third-order valence-corrected chi connectivity index (χ3v) is 4.17. The second kappa shape index (κ2) is 8.26. The Kier molecular flexibility index (Phi) is 5.20. The largest absolute Gasteiger partial charge is 0.495 e. The molecule has 2 aromatic carbocycles. The molecular weight excluding hydrogens is 352 g/mol. The Morgan fingerprint density at radius 1 is 0.929 bits per heavy atom. The lowest BCUT2D eigenvalue weighted by Gasteiger charge is -2.13. The molecule has 0 saturated heterocycles. The Balaban J connectivity index is 1.67. The van der Waals surface area contributed by atoms with Gasteiger partial charge in [-0.2, -0.15) is 4.98 Å². The van der Waals surface area contributed by atoms with E-state index in [1.807, 2.05) is 72.8 Å². The van der Waals surface area contributed by atoms with Crippen molar-refractivity contribution in [3.8, 4) is 17.0 Å². The number of hydrogen-bond acceptors (Lipinski definition) is 6. The van der Waals surface area contributed by atoms with E-state index in [4.69, 9.17) is 9.15 Å². The predicted molar refractivity (Wildman–Crippen MR) is 110 cm³/mol. The molecule has 0 saturated carbocycles. The lowest BCUT2D eigenvalue weighted by atomic mass is 10.1. The Labute approximate surface area is 163 Å². The first-order valence-corrected chi connectivity index (χ1v) is 8.92. The topological polar surface area (TPSA) is 72.2 Å². The van der Waals surface area contributed by atoms with Crippen molar-refractivity contribution in [2.45, 2.75) is 6.54 Å². The van der Waals surface area contributed by atoms with Crippen molar-refractivity contribution in [2.24, 2.45) is 0 Å². The van der Waals surface area contributed by atoms with Crippen LogP contribution in [0.3, 0.4) is 0 Å². The summed E-state index contributed by atoms with van der Waals surface area (Å²) in [5.74, 6) is 2.73. The van der Waals surface area contributed by atoms with Crippen molar-refractivity contribution in [3.63, 3.8) is 0 Å². The minimum atomic E-state index is 0.499. The molecule has 2 heterocycles. The molecule has 0 spiro atoms. The van der Waals surface area contributed by atoms with Crippen molar-refractivity contribution >= 4 is 17.5 Å². The van der Waals surface area contributed by atoms with Crippen LogP contribution in [0, 0.1) is 0 Å². The van der Waals surface area contributed by atoms with Crippen molar-refractivity contribution in [1.82, 2.24) is 9.97 Å². The van der Waals surface area contributed by atoms with E-state index in [-0.39, 0.29) is 0 Å². The first kappa shape index (κ1) is 17.6. The van der Waals surface area contributed by atoms with Gasteiger partial charge in [-0.05, 0) is 24.3 Å². The quantitative estimate of drug-likeness (QED) is 0.470. The fourth-order valence-corrected chi connectivity index (χ4v) is 2.81. The molecule has 6 heteroatoms. The highest BCUT2D eigenvalue weighted by Gasteiger charge is 2.09. The van der Waals surface area contributed by atoms with Gasteiger partial charge in [-0.15, -0.1) is 0 Å². The maximum atomic E-state index is 5.43. The zero-order valence-corrected chi connectivity index (χ0v) is 15.4. The normalized spacial score (nSPS) is 10.5. The number of hydrogen-bond donors (Lipinski definition) is 2. The van der Waals surface area contributed by atoms with Gasteiger partial charge in [-0.3, -0.25) is 0 Å². The van der Waals surface area contributed by atoms with Gasteiger partial charge in [0.2, 0.25) is 5.95 Å². The number of nitrogens with one attached hydrogen (secondary N) is 2. The molecule has 0 aliphatic carbocycles. The maximum Gasteiger partial charge on any atom is 0.225 e. The van der Waals surface area contributed by atoms with Crippen LogP contribution in [-0.4, -0.2) is 17.1 Å². The summed E-state index contributed by atoms with van der Waals surface area (Å²) in [5.41, 5.74) is 2.66. The standard InChI is InChI=1S/C22H20N4O2/c1-27-20-12-6-5-11-18(20)24-21-14-19(16-8-3-2-4-9-16)25-22(26-21)23-15-17-10-7-13-28-17/h2-14H,15H2,1H3,(H2,23,24,25,26).